The van der Waals surface area contributed by atoms with Gasteiger partial charge >= 0.3 is 7.52 Å². The zero-order valence-corrected chi connectivity index (χ0v) is 5.78. The highest BCUT2D eigenvalue weighted by molar-refractivity contribution is 5.70. The third-order valence-corrected chi connectivity index (χ3v) is 1.08. The molecule has 1 heterocycles. The van der Waals surface area contributed by atoms with Crippen LogP contribution in [-0.4, -0.2) is 17.3 Å². The molecular formula is C7H10NO2+. The van der Waals surface area contributed by atoms with Crippen LogP contribution < -0.4 is 0 Å². The van der Waals surface area contributed by atoms with E-state index >= 15 is 0 Å². The van der Waals surface area contributed by atoms with Crippen LogP contribution in [0.15, 0.2) is 24.5 Å². The summed E-state index contributed by atoms with van der Waals surface area (Å²) in [6.07, 6.45) is 2.98. The van der Waals surface area contributed by atoms with Gasteiger partial charge in [-0.25, -0.2) is 4.79 Å². The summed E-state index contributed by atoms with van der Waals surface area (Å²) >= 11 is 0. The van der Waals surface area contributed by atoms with Gasteiger partial charge < -0.3 is 4.74 Å². The molecule has 1 rings (SSSR count). The fourth-order valence-corrected chi connectivity index (χ4v) is 0.654. The first-order chi connectivity index (χ1) is 4.84. The second kappa shape index (κ2) is 3.06. The molecule has 0 saturated heterocycles. The van der Waals surface area contributed by atoms with Crippen LogP contribution >= 0.6 is 0 Å². The standard InChI is InChI=1S/C7H9NO2/c1-2-10-7(9)8-5-3-4-6-8/h3-6H,2H2,1H3/p+1. The fourth-order valence-electron chi connectivity index (χ4n) is 0.654. The van der Waals surface area contributed by atoms with Crippen molar-refractivity contribution in [1.82, 2.24) is 4.57 Å². The summed E-state index contributed by atoms with van der Waals surface area (Å²) in [5, 5.41) is 0. The number of nitrogens with zero attached hydrogens (tertiary/aromatic N) is 1. The van der Waals surface area contributed by atoms with E-state index < -0.39 is 0 Å². The van der Waals surface area contributed by atoms with Crippen LogP contribution in [0.25, 0.3) is 0 Å². The average molecular weight is 140 g/mol. The Hall–Kier alpha value is -1.25. The van der Waals surface area contributed by atoms with Crippen LogP contribution in [0.5, 0.6) is 0 Å². The Labute approximate surface area is 60.7 Å². The molecule has 0 aliphatic rings. The van der Waals surface area contributed by atoms with E-state index in [0.717, 1.165) is 0 Å². The first-order valence-corrected chi connectivity index (χ1v) is 3.14. The molecule has 0 aliphatic heterocycles. The molecule has 0 N–H and O–H groups in total. The van der Waals surface area contributed by atoms with Crippen molar-refractivity contribution in [3.8, 4) is 0 Å². The lowest BCUT2D eigenvalue weighted by Crippen LogP contribution is -2.10. The molecule has 0 aromatic carbocycles. The summed E-state index contributed by atoms with van der Waals surface area (Å²) in [4.78, 5) is 10.8. The summed E-state index contributed by atoms with van der Waals surface area (Å²) in [5.74, 6) is 0. The summed E-state index contributed by atoms with van der Waals surface area (Å²) in [6, 6.07) is 3.55. The predicted molar refractivity (Wildman–Crippen MR) is 38.0 cm³/mol. The highest BCUT2D eigenvalue weighted by atomic mass is 16.5. The Morgan fingerprint density at radius 2 is 2.20 bits per heavy atom. The minimum atomic E-state index is -0.326. The van der Waals surface area contributed by atoms with E-state index in [0.29, 0.717) is 6.61 Å². The summed E-state index contributed by atoms with van der Waals surface area (Å²) < 4.78 is 6.10. The van der Waals surface area contributed by atoms with E-state index in [-0.39, 0.29) is 7.52 Å². The Bertz CT molecular complexity index is 208. The maximum absolute atomic E-state index is 10.8. The maximum atomic E-state index is 10.8. The molecule has 1 aromatic heterocycles. The third-order valence-electron chi connectivity index (χ3n) is 1.08. The molecule has 0 atom stereocenters. The van der Waals surface area contributed by atoms with E-state index in [2.05, 4.69) is 0 Å². The number of ether oxygens (including phenoxy) is 1. The molecule has 0 radical (unpaired) electrons. The van der Waals surface area contributed by atoms with Gasteiger partial charge in [-0.3, -0.25) is 4.57 Å². The van der Waals surface area contributed by atoms with Gasteiger partial charge in [-0.05, 0) is 19.1 Å². The van der Waals surface area contributed by atoms with Crippen LogP contribution in [0, 0.1) is 0 Å². The van der Waals surface area contributed by atoms with E-state index in [4.69, 9.17) is 4.74 Å². The number of rotatable bonds is 1. The SMILES string of the molecule is CCOC(=O)n1cccc1.[H+]. The predicted octanol–water partition coefficient (Wildman–Crippen LogP) is 1.61. The molecule has 0 spiro atoms. The van der Waals surface area contributed by atoms with Gasteiger partial charge in [0.2, 0.25) is 0 Å². The number of carbonyl (C=O) groups excluding carboxylic acids is 1. The molecule has 1 aromatic rings. The second-order valence-corrected chi connectivity index (χ2v) is 1.79. The molecule has 10 heavy (non-hydrogen) atoms. The molecule has 0 aliphatic carbocycles. The molecule has 3 nitrogen and oxygen atoms in total. The minimum absolute atomic E-state index is 0. The van der Waals surface area contributed by atoms with Crippen molar-refractivity contribution < 1.29 is 11.0 Å². The maximum Gasteiger partial charge on any atom is 1.00 e. The van der Waals surface area contributed by atoms with Gasteiger partial charge in [0.05, 0.1) is 6.61 Å². The molecule has 0 unspecified atom stereocenters. The highest BCUT2D eigenvalue weighted by Crippen LogP contribution is 1.91. The average Bonchev–Trinajstić information content (AvgIpc) is 2.38. The highest BCUT2D eigenvalue weighted by Gasteiger charge is 1.99. The van der Waals surface area contributed by atoms with E-state index in [1.807, 2.05) is 0 Å². The number of hydrogen-bond acceptors (Lipinski definition) is 2. The van der Waals surface area contributed by atoms with Crippen LogP contribution in [0.1, 0.15) is 8.35 Å². The molecule has 0 bridgehead atoms. The second-order valence-electron chi connectivity index (χ2n) is 1.79. The van der Waals surface area contributed by atoms with Crippen molar-refractivity contribution in [1.29, 1.82) is 0 Å². The van der Waals surface area contributed by atoms with Gasteiger partial charge in [0.15, 0.2) is 0 Å². The zero-order valence-electron chi connectivity index (χ0n) is 6.78. The largest absolute Gasteiger partial charge is 1.00 e. The fraction of sp³-hybridized carbons (Fsp3) is 0.286. The minimum Gasteiger partial charge on any atom is -0.449 e. The number of aromatic nitrogens is 1. The molecular weight excluding hydrogens is 130 g/mol. The van der Waals surface area contributed by atoms with Gasteiger partial charge in [-0.2, -0.15) is 0 Å². The van der Waals surface area contributed by atoms with E-state index in [9.17, 15) is 4.79 Å². The van der Waals surface area contributed by atoms with Gasteiger partial charge in [-0.1, -0.05) is 0 Å². The van der Waals surface area contributed by atoms with Crippen molar-refractivity contribution in [3.63, 3.8) is 0 Å². The Morgan fingerprint density at radius 3 is 2.70 bits per heavy atom. The van der Waals surface area contributed by atoms with Crippen LogP contribution in [0.2, 0.25) is 0 Å². The monoisotopic (exact) mass is 140 g/mol. The van der Waals surface area contributed by atoms with Gasteiger partial charge in [0.1, 0.15) is 0 Å². The molecule has 0 amide bonds. The molecule has 0 fully saturated rings. The normalized spacial score (nSPS) is 9.30. The van der Waals surface area contributed by atoms with Crippen LogP contribution in [0.4, 0.5) is 4.79 Å². The quantitative estimate of drug-likeness (QED) is 0.593. The lowest BCUT2D eigenvalue weighted by molar-refractivity contribution is 0.154. The van der Waals surface area contributed by atoms with Crippen molar-refractivity contribution in [2.24, 2.45) is 0 Å². The van der Waals surface area contributed by atoms with Gasteiger partial charge in [-0.15, -0.1) is 0 Å². The first kappa shape index (κ1) is 6.86. The van der Waals surface area contributed by atoms with Crippen LogP contribution in [-0.2, 0) is 4.74 Å². The summed E-state index contributed by atoms with van der Waals surface area (Å²) in [5.41, 5.74) is 0. The molecule has 3 heteroatoms. The van der Waals surface area contributed by atoms with Crippen molar-refractivity contribution in [3.05, 3.63) is 24.5 Å². The lowest BCUT2D eigenvalue weighted by atomic mass is 10.7. The van der Waals surface area contributed by atoms with Crippen molar-refractivity contribution >= 4 is 6.09 Å². The lowest BCUT2D eigenvalue weighted by Gasteiger charge is -1.99. The smallest absolute Gasteiger partial charge is 0.449 e. The van der Waals surface area contributed by atoms with E-state index in [1.165, 1.54) is 4.57 Å². The number of hydrogen-bond donors (Lipinski definition) is 0. The topological polar surface area (TPSA) is 31.2 Å². The summed E-state index contributed by atoms with van der Waals surface area (Å²) in [6.45, 7) is 2.19. The van der Waals surface area contributed by atoms with Crippen molar-refractivity contribution in [2.45, 2.75) is 6.92 Å². The Morgan fingerprint density at radius 1 is 1.60 bits per heavy atom. The third kappa shape index (κ3) is 1.37. The molecule has 0 saturated carbocycles. The zero-order chi connectivity index (χ0) is 7.40. The Balaban J connectivity index is 0.000001000. The summed E-state index contributed by atoms with van der Waals surface area (Å²) in [7, 11) is 0. The van der Waals surface area contributed by atoms with Gasteiger partial charge in [0.25, 0.3) is 0 Å². The van der Waals surface area contributed by atoms with E-state index in [1.54, 1.807) is 31.5 Å². The van der Waals surface area contributed by atoms with Crippen LogP contribution in [0.3, 0.4) is 0 Å². The first-order valence-electron chi connectivity index (χ1n) is 3.14. The van der Waals surface area contributed by atoms with Gasteiger partial charge in [0, 0.05) is 12.4 Å². The number of carbonyl (C=O) groups is 1. The Kier molecular flexibility index (Phi) is 2.10. The van der Waals surface area contributed by atoms with Crippen molar-refractivity contribution in [2.75, 3.05) is 6.61 Å². The molecule has 54 valence electrons.